The topological polar surface area (TPSA) is 23.5 Å². The lowest BCUT2D eigenvalue weighted by atomic mass is 10.2. The van der Waals surface area contributed by atoms with Gasteiger partial charge in [-0.05, 0) is 54.8 Å². The van der Waals surface area contributed by atoms with E-state index in [9.17, 15) is 5.11 Å². The molecule has 0 aliphatic heterocycles. The quantitative estimate of drug-likeness (QED) is 0.876. The molecular formula is C15H21NOS2. The minimum absolute atomic E-state index is 0.291. The molecule has 0 saturated heterocycles. The third kappa shape index (κ3) is 4.14. The maximum Gasteiger partial charge on any atom is 0.0639 e. The first-order valence-electron chi connectivity index (χ1n) is 6.52. The van der Waals surface area contributed by atoms with Crippen LogP contribution in [0.3, 0.4) is 0 Å². The van der Waals surface area contributed by atoms with Gasteiger partial charge in [0.1, 0.15) is 0 Å². The van der Waals surface area contributed by atoms with Gasteiger partial charge < -0.3 is 5.11 Å². The van der Waals surface area contributed by atoms with E-state index in [1.54, 1.807) is 22.7 Å². The predicted molar refractivity (Wildman–Crippen MR) is 83.9 cm³/mol. The molecule has 0 fully saturated rings. The van der Waals surface area contributed by atoms with Crippen molar-refractivity contribution in [3.8, 4) is 0 Å². The fraction of sp³-hybridized carbons (Fsp3) is 0.467. The molecule has 4 heteroatoms. The molecule has 0 aromatic carbocycles. The molecule has 0 bridgehead atoms. The summed E-state index contributed by atoms with van der Waals surface area (Å²) in [4.78, 5) is 5.13. The number of aliphatic hydroxyl groups excluding tert-OH is 1. The van der Waals surface area contributed by atoms with Crippen molar-refractivity contribution in [2.45, 2.75) is 40.0 Å². The molecule has 2 heterocycles. The van der Waals surface area contributed by atoms with Crippen molar-refractivity contribution in [1.29, 1.82) is 0 Å². The molecule has 2 aromatic heterocycles. The molecule has 0 aliphatic rings. The smallest absolute Gasteiger partial charge is 0.0639 e. The summed E-state index contributed by atoms with van der Waals surface area (Å²) in [5, 5.41) is 14.0. The zero-order valence-electron chi connectivity index (χ0n) is 11.7. The second kappa shape index (κ2) is 6.66. The maximum absolute atomic E-state index is 9.68. The molecule has 2 nitrogen and oxygen atoms in total. The Hall–Kier alpha value is -0.680. The van der Waals surface area contributed by atoms with Crippen molar-refractivity contribution >= 4 is 22.7 Å². The molecule has 1 N–H and O–H groups in total. The van der Waals surface area contributed by atoms with Gasteiger partial charge in [0.15, 0.2) is 0 Å². The third-order valence-corrected chi connectivity index (χ3v) is 5.21. The lowest BCUT2D eigenvalue weighted by molar-refractivity contribution is 0.119. The van der Waals surface area contributed by atoms with Gasteiger partial charge in [0.25, 0.3) is 0 Å². The van der Waals surface area contributed by atoms with Gasteiger partial charge in [-0.3, -0.25) is 4.90 Å². The summed E-state index contributed by atoms with van der Waals surface area (Å²) in [6, 6.07) is 4.33. The molecule has 0 unspecified atom stereocenters. The first-order valence-corrected chi connectivity index (χ1v) is 8.28. The zero-order valence-corrected chi connectivity index (χ0v) is 13.4. The van der Waals surface area contributed by atoms with E-state index in [1.807, 2.05) is 6.92 Å². The second-order valence-corrected chi connectivity index (χ2v) is 7.07. The lowest BCUT2D eigenvalue weighted by Gasteiger charge is -2.23. The van der Waals surface area contributed by atoms with E-state index in [2.05, 4.69) is 41.6 Å². The largest absolute Gasteiger partial charge is 0.392 e. The van der Waals surface area contributed by atoms with Crippen LogP contribution in [0.5, 0.6) is 0 Å². The molecule has 0 amide bonds. The Morgan fingerprint density at radius 3 is 1.84 bits per heavy atom. The highest BCUT2D eigenvalue weighted by molar-refractivity contribution is 7.10. The number of rotatable bonds is 6. The normalized spacial score (nSPS) is 13.1. The van der Waals surface area contributed by atoms with Gasteiger partial charge in [0.05, 0.1) is 6.10 Å². The lowest BCUT2D eigenvalue weighted by Crippen LogP contribution is -2.30. The van der Waals surface area contributed by atoms with Crippen molar-refractivity contribution in [2.75, 3.05) is 6.54 Å². The van der Waals surface area contributed by atoms with Crippen molar-refractivity contribution in [1.82, 2.24) is 4.90 Å². The van der Waals surface area contributed by atoms with Crippen molar-refractivity contribution in [3.63, 3.8) is 0 Å². The second-order valence-electron chi connectivity index (χ2n) is 5.07. The number of thiophene rings is 2. The minimum Gasteiger partial charge on any atom is -0.392 e. The Kier molecular flexibility index (Phi) is 5.16. The number of aryl methyl sites for hydroxylation is 2. The van der Waals surface area contributed by atoms with Crippen LogP contribution in [0.2, 0.25) is 0 Å². The molecule has 2 rings (SSSR count). The first kappa shape index (κ1) is 14.7. The molecular weight excluding hydrogens is 274 g/mol. The summed E-state index contributed by atoms with van der Waals surface area (Å²) in [5.41, 5.74) is 2.70. The fourth-order valence-electron chi connectivity index (χ4n) is 2.10. The standard InChI is InChI=1S/C15H21NOS2/c1-11-4-6-18-14(11)9-16(8-13(3)17)10-15-12(2)5-7-19-15/h4-7,13,17H,8-10H2,1-3H3/t13-/m1/s1. The SMILES string of the molecule is Cc1ccsc1CN(Cc1sccc1C)C[C@@H](C)O. The van der Waals surface area contributed by atoms with Gasteiger partial charge in [0, 0.05) is 29.4 Å². The zero-order chi connectivity index (χ0) is 13.8. The average Bonchev–Trinajstić information content (AvgIpc) is 2.89. The van der Waals surface area contributed by atoms with Crippen molar-refractivity contribution in [3.05, 3.63) is 43.8 Å². The number of nitrogens with zero attached hydrogens (tertiary/aromatic N) is 1. The predicted octanol–water partition coefficient (Wildman–Crippen LogP) is 3.81. The summed E-state index contributed by atoms with van der Waals surface area (Å²) < 4.78 is 0. The Labute approximate surface area is 123 Å². The van der Waals surface area contributed by atoms with Crippen molar-refractivity contribution in [2.24, 2.45) is 0 Å². The Morgan fingerprint density at radius 1 is 1.05 bits per heavy atom. The van der Waals surface area contributed by atoms with Crippen LogP contribution in [0.25, 0.3) is 0 Å². The van der Waals surface area contributed by atoms with Crippen LogP contribution in [0.1, 0.15) is 27.8 Å². The maximum atomic E-state index is 9.68. The summed E-state index contributed by atoms with van der Waals surface area (Å²) >= 11 is 3.60. The van der Waals surface area contributed by atoms with Crippen molar-refractivity contribution < 1.29 is 5.11 Å². The molecule has 0 saturated carbocycles. The first-order chi connectivity index (χ1) is 9.06. The van der Waals surface area contributed by atoms with E-state index in [0.717, 1.165) is 13.1 Å². The third-order valence-electron chi connectivity index (χ3n) is 3.19. The number of aliphatic hydroxyl groups is 1. The summed E-state index contributed by atoms with van der Waals surface area (Å²) in [5.74, 6) is 0. The molecule has 2 aromatic rings. The Bertz CT molecular complexity index is 473. The molecule has 104 valence electrons. The van der Waals surface area contributed by atoms with E-state index in [0.29, 0.717) is 6.54 Å². The van der Waals surface area contributed by atoms with Gasteiger partial charge in [-0.1, -0.05) is 0 Å². The number of hydrogen-bond acceptors (Lipinski definition) is 4. The van der Waals surface area contributed by atoms with Gasteiger partial charge in [0.2, 0.25) is 0 Å². The van der Waals surface area contributed by atoms with Crippen LogP contribution in [-0.4, -0.2) is 22.7 Å². The van der Waals surface area contributed by atoms with E-state index in [-0.39, 0.29) is 6.10 Å². The van der Waals surface area contributed by atoms with E-state index < -0.39 is 0 Å². The summed E-state index contributed by atoms with van der Waals surface area (Å²) in [6.45, 7) is 8.73. The fourth-order valence-corrected chi connectivity index (χ4v) is 3.99. The van der Waals surface area contributed by atoms with Crippen LogP contribution in [0.15, 0.2) is 22.9 Å². The highest BCUT2D eigenvalue weighted by Gasteiger charge is 2.13. The summed E-state index contributed by atoms with van der Waals surface area (Å²) in [6.07, 6.45) is -0.291. The van der Waals surface area contributed by atoms with Crippen LogP contribution in [0, 0.1) is 13.8 Å². The van der Waals surface area contributed by atoms with Crippen LogP contribution in [-0.2, 0) is 13.1 Å². The van der Waals surface area contributed by atoms with E-state index in [4.69, 9.17) is 0 Å². The monoisotopic (exact) mass is 295 g/mol. The van der Waals surface area contributed by atoms with Gasteiger partial charge in [-0.25, -0.2) is 0 Å². The average molecular weight is 295 g/mol. The Morgan fingerprint density at radius 2 is 1.53 bits per heavy atom. The van der Waals surface area contributed by atoms with E-state index in [1.165, 1.54) is 20.9 Å². The van der Waals surface area contributed by atoms with Crippen LogP contribution >= 0.6 is 22.7 Å². The van der Waals surface area contributed by atoms with Crippen LogP contribution < -0.4 is 0 Å². The number of hydrogen-bond donors (Lipinski definition) is 1. The highest BCUT2D eigenvalue weighted by Crippen LogP contribution is 2.22. The van der Waals surface area contributed by atoms with Gasteiger partial charge >= 0.3 is 0 Å². The van der Waals surface area contributed by atoms with Gasteiger partial charge in [-0.2, -0.15) is 0 Å². The summed E-state index contributed by atoms with van der Waals surface area (Å²) in [7, 11) is 0. The molecule has 19 heavy (non-hydrogen) atoms. The molecule has 0 radical (unpaired) electrons. The molecule has 0 spiro atoms. The van der Waals surface area contributed by atoms with Gasteiger partial charge in [-0.15, -0.1) is 22.7 Å². The molecule has 1 atom stereocenters. The minimum atomic E-state index is -0.291. The van der Waals surface area contributed by atoms with Crippen LogP contribution in [0.4, 0.5) is 0 Å². The molecule has 0 aliphatic carbocycles. The highest BCUT2D eigenvalue weighted by atomic mass is 32.1. The van der Waals surface area contributed by atoms with E-state index >= 15 is 0 Å². The Balaban J connectivity index is 2.08.